The van der Waals surface area contributed by atoms with Crippen molar-refractivity contribution in [1.82, 2.24) is 0 Å². The Morgan fingerprint density at radius 3 is 2.27 bits per heavy atom. The van der Waals surface area contributed by atoms with Crippen LogP contribution in [0.3, 0.4) is 0 Å². The molecule has 2 rings (SSSR count). The number of carboxylic acid groups (broad SMARTS) is 1. The van der Waals surface area contributed by atoms with Crippen LogP contribution in [0.1, 0.15) is 15.9 Å². The molecular formula is C14H7Cl2F3O3. The van der Waals surface area contributed by atoms with Crippen molar-refractivity contribution in [2.45, 2.75) is 6.18 Å². The molecule has 0 aliphatic carbocycles. The fraction of sp³-hybridized carbons (Fsp3) is 0.0714. The Bertz CT molecular complexity index is 730. The fourth-order valence-corrected chi connectivity index (χ4v) is 1.93. The van der Waals surface area contributed by atoms with Crippen LogP contribution in [-0.2, 0) is 6.18 Å². The Labute approximate surface area is 132 Å². The molecule has 0 unspecified atom stereocenters. The van der Waals surface area contributed by atoms with E-state index >= 15 is 0 Å². The molecule has 3 nitrogen and oxygen atoms in total. The van der Waals surface area contributed by atoms with Crippen LogP contribution in [0, 0.1) is 0 Å². The second-order valence-electron chi connectivity index (χ2n) is 4.19. The van der Waals surface area contributed by atoms with Crippen molar-refractivity contribution in [3.8, 4) is 11.5 Å². The molecule has 0 spiro atoms. The first kappa shape index (κ1) is 16.5. The molecule has 22 heavy (non-hydrogen) atoms. The molecule has 0 aliphatic rings. The molecule has 0 atom stereocenters. The largest absolute Gasteiger partial charge is 0.478 e. The molecule has 1 N–H and O–H groups in total. The first-order valence-corrected chi connectivity index (χ1v) is 6.51. The van der Waals surface area contributed by atoms with Crippen molar-refractivity contribution in [3.63, 3.8) is 0 Å². The van der Waals surface area contributed by atoms with Gasteiger partial charge in [0.25, 0.3) is 0 Å². The monoisotopic (exact) mass is 350 g/mol. The molecule has 8 heteroatoms. The van der Waals surface area contributed by atoms with Crippen LogP contribution in [-0.4, -0.2) is 11.1 Å². The molecule has 0 aromatic heterocycles. The van der Waals surface area contributed by atoms with Gasteiger partial charge in [-0.15, -0.1) is 0 Å². The number of benzene rings is 2. The summed E-state index contributed by atoms with van der Waals surface area (Å²) >= 11 is 11.5. The normalized spacial score (nSPS) is 11.3. The summed E-state index contributed by atoms with van der Waals surface area (Å²) in [5, 5.41) is 9.13. The molecule has 2 aromatic carbocycles. The minimum atomic E-state index is -4.77. The number of ether oxygens (including phenoxy) is 1. The second kappa shape index (κ2) is 6.06. The lowest BCUT2D eigenvalue weighted by atomic mass is 10.1. The summed E-state index contributed by atoms with van der Waals surface area (Å²) < 4.78 is 44.2. The van der Waals surface area contributed by atoms with Crippen molar-refractivity contribution < 1.29 is 27.8 Å². The number of aromatic carboxylic acids is 1. The lowest BCUT2D eigenvalue weighted by Gasteiger charge is -2.14. The predicted molar refractivity (Wildman–Crippen MR) is 74.9 cm³/mol. The Kier molecular flexibility index (Phi) is 4.53. The van der Waals surface area contributed by atoms with Gasteiger partial charge in [0.05, 0.1) is 21.2 Å². The number of hydrogen-bond donors (Lipinski definition) is 1. The van der Waals surface area contributed by atoms with E-state index < -0.39 is 29.0 Å². The van der Waals surface area contributed by atoms with Gasteiger partial charge in [-0.1, -0.05) is 23.2 Å². The van der Waals surface area contributed by atoms with Crippen LogP contribution in [0.4, 0.5) is 13.2 Å². The minimum absolute atomic E-state index is 0.0444. The quantitative estimate of drug-likeness (QED) is 0.794. The SMILES string of the molecule is O=C(O)c1ccc(Oc2ccc(Cl)c(Cl)c2)c(C(F)(F)F)c1. The molecule has 0 saturated heterocycles. The maximum Gasteiger partial charge on any atom is 0.420 e. The minimum Gasteiger partial charge on any atom is -0.478 e. The van der Waals surface area contributed by atoms with Gasteiger partial charge in [-0.05, 0) is 30.3 Å². The van der Waals surface area contributed by atoms with Gasteiger partial charge >= 0.3 is 12.1 Å². The van der Waals surface area contributed by atoms with Gasteiger partial charge in [-0.25, -0.2) is 4.79 Å². The number of halogens is 5. The number of hydrogen-bond acceptors (Lipinski definition) is 2. The van der Waals surface area contributed by atoms with Crippen LogP contribution in [0.15, 0.2) is 36.4 Å². The van der Waals surface area contributed by atoms with Crippen LogP contribution in [0.5, 0.6) is 11.5 Å². The smallest absolute Gasteiger partial charge is 0.420 e. The standard InChI is InChI=1S/C14H7Cl2F3O3/c15-10-3-2-8(6-11(10)16)22-12-4-1-7(13(20)21)5-9(12)14(17,18)19/h1-6H,(H,20,21). The van der Waals surface area contributed by atoms with Gasteiger partial charge < -0.3 is 9.84 Å². The third-order valence-electron chi connectivity index (χ3n) is 2.65. The number of alkyl halides is 3. The van der Waals surface area contributed by atoms with E-state index in [9.17, 15) is 18.0 Å². The first-order chi connectivity index (χ1) is 10.2. The molecule has 0 fully saturated rings. The van der Waals surface area contributed by atoms with Gasteiger partial charge in [0.2, 0.25) is 0 Å². The fourth-order valence-electron chi connectivity index (χ4n) is 1.64. The zero-order valence-corrected chi connectivity index (χ0v) is 12.1. The molecule has 0 radical (unpaired) electrons. The molecule has 0 aliphatic heterocycles. The van der Waals surface area contributed by atoms with Crippen LogP contribution >= 0.6 is 23.2 Å². The summed E-state index contributed by atoms with van der Waals surface area (Å²) in [7, 11) is 0. The highest BCUT2D eigenvalue weighted by Crippen LogP contribution is 2.39. The van der Waals surface area contributed by atoms with E-state index in [1.54, 1.807) is 0 Å². The van der Waals surface area contributed by atoms with Crippen LogP contribution in [0.25, 0.3) is 0 Å². The molecule has 116 valence electrons. The highest BCUT2D eigenvalue weighted by molar-refractivity contribution is 6.42. The molecule has 2 aromatic rings. The van der Waals surface area contributed by atoms with E-state index in [1.807, 2.05) is 0 Å². The predicted octanol–water partition coefficient (Wildman–Crippen LogP) is 5.50. The Morgan fingerprint density at radius 2 is 1.73 bits per heavy atom. The Hall–Kier alpha value is -1.92. The Morgan fingerprint density at radius 1 is 1.05 bits per heavy atom. The van der Waals surface area contributed by atoms with Crippen molar-refractivity contribution >= 4 is 29.2 Å². The summed E-state index contributed by atoms with van der Waals surface area (Å²) in [6, 6.07) is 6.45. The van der Waals surface area contributed by atoms with E-state index in [0.29, 0.717) is 6.07 Å². The number of carboxylic acids is 1. The third kappa shape index (κ3) is 3.64. The van der Waals surface area contributed by atoms with E-state index in [-0.39, 0.29) is 15.8 Å². The maximum absolute atomic E-state index is 13.0. The van der Waals surface area contributed by atoms with Crippen molar-refractivity contribution in [3.05, 3.63) is 57.6 Å². The van der Waals surface area contributed by atoms with Gasteiger partial charge in [0.15, 0.2) is 0 Å². The highest BCUT2D eigenvalue weighted by Gasteiger charge is 2.35. The van der Waals surface area contributed by atoms with Crippen molar-refractivity contribution in [1.29, 1.82) is 0 Å². The topological polar surface area (TPSA) is 46.5 Å². The van der Waals surface area contributed by atoms with Gasteiger partial charge in [-0.2, -0.15) is 13.2 Å². The molecule has 0 saturated carbocycles. The van der Waals surface area contributed by atoms with Crippen molar-refractivity contribution in [2.75, 3.05) is 0 Å². The molecule has 0 bridgehead atoms. The van der Waals surface area contributed by atoms with E-state index in [0.717, 1.165) is 12.1 Å². The maximum atomic E-state index is 13.0. The lowest BCUT2D eigenvalue weighted by Crippen LogP contribution is -2.09. The zero-order chi connectivity index (χ0) is 16.5. The van der Waals surface area contributed by atoms with E-state index in [4.69, 9.17) is 33.0 Å². The average molecular weight is 351 g/mol. The number of rotatable bonds is 3. The lowest BCUT2D eigenvalue weighted by molar-refractivity contribution is -0.138. The molecule has 0 amide bonds. The van der Waals surface area contributed by atoms with Crippen LogP contribution in [0.2, 0.25) is 10.0 Å². The van der Waals surface area contributed by atoms with E-state index in [1.165, 1.54) is 18.2 Å². The average Bonchev–Trinajstić information content (AvgIpc) is 2.42. The Balaban J connectivity index is 2.45. The number of carbonyl (C=O) groups is 1. The summed E-state index contributed by atoms with van der Waals surface area (Å²) in [4.78, 5) is 10.8. The van der Waals surface area contributed by atoms with E-state index in [2.05, 4.69) is 0 Å². The molecular weight excluding hydrogens is 344 g/mol. The van der Waals surface area contributed by atoms with Crippen LogP contribution < -0.4 is 4.74 Å². The molecule has 0 heterocycles. The third-order valence-corrected chi connectivity index (χ3v) is 3.39. The summed E-state index contributed by atoms with van der Waals surface area (Å²) in [5.41, 5.74) is -1.69. The van der Waals surface area contributed by atoms with Crippen molar-refractivity contribution in [2.24, 2.45) is 0 Å². The highest BCUT2D eigenvalue weighted by atomic mass is 35.5. The first-order valence-electron chi connectivity index (χ1n) is 5.76. The van der Waals surface area contributed by atoms with Gasteiger partial charge in [0, 0.05) is 6.07 Å². The summed E-state index contributed by atoms with van der Waals surface area (Å²) in [6.07, 6.45) is -4.77. The summed E-state index contributed by atoms with van der Waals surface area (Å²) in [5.74, 6) is -1.95. The van der Waals surface area contributed by atoms with Gasteiger partial charge in [0.1, 0.15) is 11.5 Å². The zero-order valence-electron chi connectivity index (χ0n) is 10.6. The summed E-state index contributed by atoms with van der Waals surface area (Å²) in [6.45, 7) is 0. The van der Waals surface area contributed by atoms with Gasteiger partial charge in [-0.3, -0.25) is 0 Å². The second-order valence-corrected chi connectivity index (χ2v) is 5.01.